The van der Waals surface area contributed by atoms with Gasteiger partial charge in [-0.3, -0.25) is 0 Å². The SMILES string of the molecule is C[C@@H](N)c1cccc(Cl)c1.Cl. The van der Waals surface area contributed by atoms with Crippen molar-refractivity contribution in [3.8, 4) is 0 Å². The van der Waals surface area contributed by atoms with E-state index in [2.05, 4.69) is 0 Å². The first-order chi connectivity index (χ1) is 4.70. The van der Waals surface area contributed by atoms with Gasteiger partial charge in [-0.2, -0.15) is 0 Å². The molecule has 0 heterocycles. The summed E-state index contributed by atoms with van der Waals surface area (Å²) in [6, 6.07) is 7.66. The lowest BCUT2D eigenvalue weighted by Crippen LogP contribution is -2.04. The zero-order valence-corrected chi connectivity index (χ0v) is 7.82. The summed E-state index contributed by atoms with van der Waals surface area (Å²) in [5.41, 5.74) is 6.70. The van der Waals surface area contributed by atoms with Gasteiger partial charge < -0.3 is 5.73 Å². The fraction of sp³-hybridized carbons (Fsp3) is 0.250. The molecule has 1 nitrogen and oxygen atoms in total. The van der Waals surface area contributed by atoms with E-state index < -0.39 is 0 Å². The average Bonchev–Trinajstić information content (AvgIpc) is 1.88. The van der Waals surface area contributed by atoms with Crippen molar-refractivity contribution in [2.75, 3.05) is 0 Å². The molecule has 11 heavy (non-hydrogen) atoms. The second-order valence-electron chi connectivity index (χ2n) is 2.34. The molecule has 1 aromatic rings. The van der Waals surface area contributed by atoms with E-state index in [0.29, 0.717) is 0 Å². The molecule has 0 aliphatic carbocycles. The van der Waals surface area contributed by atoms with Crippen LogP contribution in [0.15, 0.2) is 24.3 Å². The smallest absolute Gasteiger partial charge is 0.0409 e. The topological polar surface area (TPSA) is 26.0 Å². The summed E-state index contributed by atoms with van der Waals surface area (Å²) in [4.78, 5) is 0. The summed E-state index contributed by atoms with van der Waals surface area (Å²) >= 11 is 5.73. The lowest BCUT2D eigenvalue weighted by atomic mass is 10.1. The molecule has 0 bridgehead atoms. The molecule has 1 atom stereocenters. The van der Waals surface area contributed by atoms with Crippen molar-refractivity contribution >= 4 is 24.0 Å². The van der Waals surface area contributed by atoms with E-state index >= 15 is 0 Å². The molecular weight excluding hydrogens is 181 g/mol. The summed E-state index contributed by atoms with van der Waals surface area (Å²) in [5.74, 6) is 0. The molecule has 0 unspecified atom stereocenters. The minimum absolute atomic E-state index is 0. The van der Waals surface area contributed by atoms with Gasteiger partial charge in [0.2, 0.25) is 0 Å². The maximum atomic E-state index is 5.73. The second-order valence-corrected chi connectivity index (χ2v) is 2.78. The minimum atomic E-state index is 0. The van der Waals surface area contributed by atoms with Gasteiger partial charge in [0.15, 0.2) is 0 Å². The van der Waals surface area contributed by atoms with Gasteiger partial charge in [-0.1, -0.05) is 23.7 Å². The van der Waals surface area contributed by atoms with E-state index in [0.717, 1.165) is 10.6 Å². The number of benzene rings is 1. The van der Waals surface area contributed by atoms with Crippen LogP contribution in [0.5, 0.6) is 0 Å². The maximum absolute atomic E-state index is 5.73. The van der Waals surface area contributed by atoms with Crippen molar-refractivity contribution in [3.63, 3.8) is 0 Å². The summed E-state index contributed by atoms with van der Waals surface area (Å²) in [5, 5.41) is 0.745. The molecule has 3 heteroatoms. The third-order valence-corrected chi connectivity index (χ3v) is 1.61. The Hall–Kier alpha value is -0.240. The lowest BCUT2D eigenvalue weighted by molar-refractivity contribution is 0.818. The Kier molecular flexibility index (Phi) is 4.50. The van der Waals surface area contributed by atoms with E-state index in [1.165, 1.54) is 0 Å². The molecule has 1 rings (SSSR count). The first kappa shape index (κ1) is 10.8. The third-order valence-electron chi connectivity index (χ3n) is 1.37. The molecule has 0 fully saturated rings. The van der Waals surface area contributed by atoms with Crippen LogP contribution in [0, 0.1) is 0 Å². The van der Waals surface area contributed by atoms with E-state index in [9.17, 15) is 0 Å². The van der Waals surface area contributed by atoms with Crippen LogP contribution in [0.25, 0.3) is 0 Å². The quantitative estimate of drug-likeness (QED) is 0.727. The monoisotopic (exact) mass is 191 g/mol. The van der Waals surface area contributed by atoms with Crippen LogP contribution in [0.2, 0.25) is 5.02 Å². The lowest BCUT2D eigenvalue weighted by Gasteiger charge is -2.03. The fourth-order valence-electron chi connectivity index (χ4n) is 0.790. The van der Waals surface area contributed by atoms with Crippen LogP contribution >= 0.6 is 24.0 Å². The first-order valence-corrected chi connectivity index (χ1v) is 3.59. The van der Waals surface area contributed by atoms with Gasteiger partial charge >= 0.3 is 0 Å². The zero-order valence-electron chi connectivity index (χ0n) is 6.25. The van der Waals surface area contributed by atoms with Crippen LogP contribution < -0.4 is 5.73 Å². The van der Waals surface area contributed by atoms with Gasteiger partial charge in [0.25, 0.3) is 0 Å². The fourth-order valence-corrected chi connectivity index (χ4v) is 0.989. The Morgan fingerprint density at radius 1 is 1.45 bits per heavy atom. The molecule has 1 aromatic carbocycles. The van der Waals surface area contributed by atoms with E-state index in [4.69, 9.17) is 17.3 Å². The highest BCUT2D eigenvalue weighted by molar-refractivity contribution is 6.30. The van der Waals surface area contributed by atoms with Crippen molar-refractivity contribution in [2.24, 2.45) is 5.73 Å². The van der Waals surface area contributed by atoms with E-state index in [1.54, 1.807) is 0 Å². The van der Waals surface area contributed by atoms with Crippen LogP contribution in [0.3, 0.4) is 0 Å². The first-order valence-electron chi connectivity index (χ1n) is 3.21. The summed E-state index contributed by atoms with van der Waals surface area (Å²) in [6.45, 7) is 1.94. The van der Waals surface area contributed by atoms with Crippen molar-refractivity contribution in [1.29, 1.82) is 0 Å². The van der Waals surface area contributed by atoms with Gasteiger partial charge in [-0.25, -0.2) is 0 Å². The Morgan fingerprint density at radius 2 is 2.09 bits per heavy atom. The number of rotatable bonds is 1. The molecule has 0 amide bonds. The van der Waals surface area contributed by atoms with Crippen LogP contribution in [0.4, 0.5) is 0 Å². The molecule has 0 aliphatic rings. The van der Waals surface area contributed by atoms with E-state index in [-0.39, 0.29) is 18.4 Å². The standard InChI is InChI=1S/C8H10ClN.ClH/c1-6(10)7-3-2-4-8(9)5-7;/h2-6H,10H2,1H3;1H/t6-;/m1./s1. The molecule has 0 saturated carbocycles. The predicted octanol–water partition coefficient (Wildman–Crippen LogP) is 2.78. The Balaban J connectivity index is 0.000001000. The second kappa shape index (κ2) is 4.60. The molecular formula is C8H11Cl2N. The largest absolute Gasteiger partial charge is 0.324 e. The molecule has 0 spiro atoms. The van der Waals surface area contributed by atoms with Gasteiger partial charge in [0.05, 0.1) is 0 Å². The van der Waals surface area contributed by atoms with Crippen molar-refractivity contribution in [1.82, 2.24) is 0 Å². The maximum Gasteiger partial charge on any atom is 0.0409 e. The average molecular weight is 192 g/mol. The van der Waals surface area contributed by atoms with Crippen LogP contribution in [-0.2, 0) is 0 Å². The molecule has 0 radical (unpaired) electrons. The summed E-state index contributed by atoms with van der Waals surface area (Å²) in [7, 11) is 0. The number of halogens is 2. The molecule has 2 N–H and O–H groups in total. The molecule has 0 aromatic heterocycles. The Morgan fingerprint density at radius 3 is 2.45 bits per heavy atom. The Bertz CT molecular complexity index is 223. The van der Waals surface area contributed by atoms with Gasteiger partial charge in [0.1, 0.15) is 0 Å². The third kappa shape index (κ3) is 3.10. The number of hydrogen-bond donors (Lipinski definition) is 1. The summed E-state index contributed by atoms with van der Waals surface area (Å²) < 4.78 is 0. The Labute approximate surface area is 78.0 Å². The van der Waals surface area contributed by atoms with E-state index in [1.807, 2.05) is 31.2 Å². The van der Waals surface area contributed by atoms with Gasteiger partial charge in [-0.05, 0) is 24.6 Å². The molecule has 0 aliphatic heterocycles. The van der Waals surface area contributed by atoms with Crippen LogP contribution in [0.1, 0.15) is 18.5 Å². The molecule has 62 valence electrons. The highest BCUT2D eigenvalue weighted by Crippen LogP contribution is 2.14. The van der Waals surface area contributed by atoms with Crippen molar-refractivity contribution in [2.45, 2.75) is 13.0 Å². The van der Waals surface area contributed by atoms with Crippen molar-refractivity contribution in [3.05, 3.63) is 34.9 Å². The molecule has 0 saturated heterocycles. The van der Waals surface area contributed by atoms with Gasteiger partial charge in [0, 0.05) is 11.1 Å². The van der Waals surface area contributed by atoms with Gasteiger partial charge in [-0.15, -0.1) is 12.4 Å². The highest BCUT2D eigenvalue weighted by Gasteiger charge is 1.97. The highest BCUT2D eigenvalue weighted by atomic mass is 35.5. The zero-order chi connectivity index (χ0) is 7.56. The minimum Gasteiger partial charge on any atom is -0.324 e. The number of hydrogen-bond acceptors (Lipinski definition) is 1. The van der Waals surface area contributed by atoms with Crippen LogP contribution in [-0.4, -0.2) is 0 Å². The predicted molar refractivity (Wildman–Crippen MR) is 51.3 cm³/mol. The number of nitrogens with two attached hydrogens (primary N) is 1. The summed E-state index contributed by atoms with van der Waals surface area (Å²) in [6.07, 6.45) is 0. The van der Waals surface area contributed by atoms with Crippen molar-refractivity contribution < 1.29 is 0 Å². The normalized spacial score (nSPS) is 11.9.